The molecule has 3 heterocycles. The second-order valence-electron chi connectivity index (χ2n) is 8.69. The number of aliphatic hydroxyl groups is 2. The summed E-state index contributed by atoms with van der Waals surface area (Å²) >= 11 is 12.0. The summed E-state index contributed by atoms with van der Waals surface area (Å²) in [5.74, 6) is 0. The van der Waals surface area contributed by atoms with Gasteiger partial charge >= 0.3 is 0 Å². The van der Waals surface area contributed by atoms with Gasteiger partial charge in [-0.05, 0) is 24.7 Å². The van der Waals surface area contributed by atoms with Crippen LogP contribution in [0.2, 0.25) is 10.0 Å². The number of benzene rings is 1. The highest BCUT2D eigenvalue weighted by Crippen LogP contribution is 2.28. The normalized spacial score (nSPS) is 35.5. The van der Waals surface area contributed by atoms with Crippen LogP contribution in [0.3, 0.4) is 0 Å². The van der Waals surface area contributed by atoms with E-state index in [1.54, 1.807) is 6.07 Å². The molecule has 0 amide bonds. The molecule has 0 saturated carbocycles. The maximum atomic E-state index is 10.7. The minimum atomic E-state index is -0.991. The Morgan fingerprint density at radius 1 is 1.22 bits per heavy atom. The summed E-state index contributed by atoms with van der Waals surface area (Å²) in [6.45, 7) is 3.79. The molecule has 0 spiro atoms. The number of fused-ring (bicyclic) bond motifs is 1. The predicted molar refractivity (Wildman–Crippen MR) is 123 cm³/mol. The van der Waals surface area contributed by atoms with Crippen LogP contribution < -0.4 is 27.0 Å². The fraction of sp³-hybridized carbons (Fsp3) is 0.700. The quantitative estimate of drug-likeness (QED) is 0.215. The molecule has 0 aliphatic carbocycles. The molecule has 3 fully saturated rings. The lowest BCUT2D eigenvalue weighted by molar-refractivity contribution is -0.106. The topological polar surface area (TPSA) is 130 Å². The predicted octanol–water partition coefficient (Wildman–Crippen LogP) is -1.55. The number of nitrogens with two attached hydrogens (primary N) is 1. The number of hydrogen-bond donors (Lipinski definition) is 7. The first-order valence-electron chi connectivity index (χ1n) is 10.9. The zero-order valence-corrected chi connectivity index (χ0v) is 19.6. The third kappa shape index (κ3) is 5.38. The summed E-state index contributed by atoms with van der Waals surface area (Å²) in [5.41, 5.74) is 7.19. The van der Waals surface area contributed by atoms with Crippen molar-refractivity contribution in [1.82, 2.24) is 31.1 Å². The number of halogens is 2. The van der Waals surface area contributed by atoms with Crippen molar-refractivity contribution in [1.29, 1.82) is 0 Å². The zero-order valence-electron chi connectivity index (χ0n) is 18.0. The van der Waals surface area contributed by atoms with Crippen LogP contribution in [0.4, 0.5) is 0 Å². The molecule has 180 valence electrons. The van der Waals surface area contributed by atoms with Crippen molar-refractivity contribution in [3.05, 3.63) is 33.8 Å². The summed E-state index contributed by atoms with van der Waals surface area (Å²) in [5, 5.41) is 35.6. The number of ether oxygens (including phenoxy) is 1. The molecule has 32 heavy (non-hydrogen) atoms. The van der Waals surface area contributed by atoms with Crippen molar-refractivity contribution in [2.75, 3.05) is 40.0 Å². The van der Waals surface area contributed by atoms with E-state index in [0.717, 1.165) is 18.7 Å². The van der Waals surface area contributed by atoms with Gasteiger partial charge in [-0.15, -0.1) is 0 Å². The van der Waals surface area contributed by atoms with E-state index >= 15 is 0 Å². The minimum Gasteiger partial charge on any atom is -0.387 e. The standard InChI is InChI=1S/C20H33Cl2N7O3/c1-28(5-4-24-7-11-2-3-12(21)13(22)6-11)8-14-16(30)17(31)20(32-14)29-10-27-15-18(23)25-9-26-19(15)29/h2-3,6,14-20,24-27,30-31H,4-5,7-10,23H2,1H3/t14-,15?,16-,17-,18?,19?,20-/m1/s1. The summed E-state index contributed by atoms with van der Waals surface area (Å²) in [4.78, 5) is 4.08. The first kappa shape index (κ1) is 24.5. The molecule has 3 saturated heterocycles. The maximum Gasteiger partial charge on any atom is 0.142 e. The molecule has 10 nitrogen and oxygen atoms in total. The number of nitrogens with zero attached hydrogens (tertiary/aromatic N) is 2. The van der Waals surface area contributed by atoms with Gasteiger partial charge in [0.1, 0.15) is 24.5 Å². The lowest BCUT2D eigenvalue weighted by Crippen LogP contribution is -2.68. The number of rotatable bonds is 8. The molecular weight excluding hydrogens is 457 g/mol. The average Bonchev–Trinajstić information content (AvgIpc) is 3.31. The van der Waals surface area contributed by atoms with Crippen molar-refractivity contribution < 1.29 is 14.9 Å². The van der Waals surface area contributed by atoms with Crippen LogP contribution in [0.25, 0.3) is 0 Å². The fourth-order valence-electron chi connectivity index (χ4n) is 4.56. The summed E-state index contributed by atoms with van der Waals surface area (Å²) < 4.78 is 6.12. The van der Waals surface area contributed by atoms with Crippen LogP contribution >= 0.6 is 23.2 Å². The highest BCUT2D eigenvalue weighted by Gasteiger charge is 2.51. The first-order chi connectivity index (χ1) is 15.3. The average molecular weight is 490 g/mol. The molecule has 0 aromatic heterocycles. The van der Waals surface area contributed by atoms with Gasteiger partial charge in [0.25, 0.3) is 0 Å². The number of hydrogen-bond acceptors (Lipinski definition) is 10. The Kier molecular flexibility index (Phi) is 8.25. The molecule has 7 atom stereocenters. The Morgan fingerprint density at radius 3 is 2.81 bits per heavy atom. The Balaban J connectivity index is 1.23. The van der Waals surface area contributed by atoms with Crippen molar-refractivity contribution in [3.8, 4) is 0 Å². The maximum absolute atomic E-state index is 10.7. The van der Waals surface area contributed by atoms with Gasteiger partial charge in [0, 0.05) is 32.8 Å². The van der Waals surface area contributed by atoms with Crippen LogP contribution in [-0.2, 0) is 11.3 Å². The molecule has 12 heteroatoms. The highest BCUT2D eigenvalue weighted by molar-refractivity contribution is 6.42. The van der Waals surface area contributed by atoms with E-state index in [1.807, 2.05) is 24.1 Å². The van der Waals surface area contributed by atoms with Gasteiger partial charge in [-0.3, -0.25) is 16.0 Å². The molecule has 4 rings (SSSR count). The molecule has 8 N–H and O–H groups in total. The Morgan fingerprint density at radius 2 is 2.03 bits per heavy atom. The monoisotopic (exact) mass is 489 g/mol. The van der Waals surface area contributed by atoms with Crippen LogP contribution in [0.1, 0.15) is 5.56 Å². The number of aliphatic hydroxyl groups excluding tert-OH is 2. The molecule has 1 aromatic carbocycles. The van der Waals surface area contributed by atoms with Gasteiger partial charge in [-0.2, -0.15) is 0 Å². The SMILES string of the molecule is CN(CCNCc1ccc(Cl)c(Cl)c1)C[C@H]1O[C@@H](N2CNC3C(N)NCNC32)[C@H](O)[C@@H]1O. The van der Waals surface area contributed by atoms with Crippen molar-refractivity contribution in [2.24, 2.45) is 5.73 Å². The highest BCUT2D eigenvalue weighted by atomic mass is 35.5. The van der Waals surface area contributed by atoms with Gasteiger partial charge in [-0.25, -0.2) is 4.90 Å². The van der Waals surface area contributed by atoms with E-state index in [0.29, 0.717) is 36.5 Å². The van der Waals surface area contributed by atoms with E-state index < -0.39 is 24.5 Å². The molecular formula is C20H33Cl2N7O3. The molecule has 3 aliphatic heterocycles. The summed E-state index contributed by atoms with van der Waals surface area (Å²) in [7, 11) is 1.97. The van der Waals surface area contributed by atoms with Gasteiger partial charge < -0.3 is 30.9 Å². The second-order valence-corrected chi connectivity index (χ2v) is 9.51. The van der Waals surface area contributed by atoms with Crippen molar-refractivity contribution in [2.45, 2.75) is 49.5 Å². The van der Waals surface area contributed by atoms with Gasteiger partial charge in [0.15, 0.2) is 0 Å². The largest absolute Gasteiger partial charge is 0.387 e. The Labute approximate surface area is 198 Å². The molecule has 3 aliphatic rings. The minimum absolute atomic E-state index is 0.0000114. The van der Waals surface area contributed by atoms with E-state index in [1.165, 1.54) is 0 Å². The zero-order chi connectivity index (χ0) is 22.8. The molecule has 0 bridgehead atoms. The van der Waals surface area contributed by atoms with Gasteiger partial charge in [0.05, 0.1) is 35.1 Å². The number of likely N-dealkylation sites (N-methyl/N-ethyl adjacent to an activating group) is 1. The third-order valence-corrected chi connectivity index (χ3v) is 7.12. The number of nitrogens with one attached hydrogen (secondary N) is 4. The smallest absolute Gasteiger partial charge is 0.142 e. The summed E-state index contributed by atoms with van der Waals surface area (Å²) in [6, 6.07) is 5.59. The summed E-state index contributed by atoms with van der Waals surface area (Å²) in [6.07, 6.45) is -3.29. The van der Waals surface area contributed by atoms with E-state index in [9.17, 15) is 10.2 Å². The molecule has 3 unspecified atom stereocenters. The molecule has 1 aromatic rings. The molecule has 0 radical (unpaired) electrons. The Hall–Kier alpha value is -0.600. The van der Waals surface area contributed by atoms with Gasteiger partial charge in [-0.1, -0.05) is 29.3 Å². The van der Waals surface area contributed by atoms with Crippen LogP contribution in [-0.4, -0.2) is 103 Å². The van der Waals surface area contributed by atoms with Crippen LogP contribution in [0.15, 0.2) is 18.2 Å². The lowest BCUT2D eigenvalue weighted by atomic mass is 10.1. The Bertz CT molecular complexity index is 779. The van der Waals surface area contributed by atoms with Crippen LogP contribution in [0.5, 0.6) is 0 Å². The third-order valence-electron chi connectivity index (χ3n) is 6.38. The first-order valence-corrected chi connectivity index (χ1v) is 11.7. The second kappa shape index (κ2) is 10.8. The van der Waals surface area contributed by atoms with E-state index in [2.05, 4.69) is 26.2 Å². The van der Waals surface area contributed by atoms with Gasteiger partial charge in [0.2, 0.25) is 0 Å². The van der Waals surface area contributed by atoms with E-state index in [-0.39, 0.29) is 18.4 Å². The van der Waals surface area contributed by atoms with E-state index in [4.69, 9.17) is 33.7 Å². The fourth-order valence-corrected chi connectivity index (χ4v) is 4.88. The van der Waals surface area contributed by atoms with Crippen molar-refractivity contribution >= 4 is 23.2 Å². The van der Waals surface area contributed by atoms with Crippen LogP contribution in [0, 0.1) is 0 Å². The van der Waals surface area contributed by atoms with Crippen molar-refractivity contribution in [3.63, 3.8) is 0 Å². The lowest BCUT2D eigenvalue weighted by Gasteiger charge is -2.38.